The largest absolute Gasteiger partial charge is 0.355 e. The summed E-state index contributed by atoms with van der Waals surface area (Å²) in [6.07, 6.45) is 5.80. The zero-order valence-corrected chi connectivity index (χ0v) is 17.4. The highest BCUT2D eigenvalue weighted by Gasteiger charge is 2.47. The van der Waals surface area contributed by atoms with Gasteiger partial charge in [0.25, 0.3) is 5.91 Å². The lowest BCUT2D eigenvalue weighted by Gasteiger charge is -2.53. The fourth-order valence-electron chi connectivity index (χ4n) is 5.11. The van der Waals surface area contributed by atoms with Crippen LogP contribution in [0.1, 0.15) is 42.6 Å². The second kappa shape index (κ2) is 7.83. The van der Waals surface area contributed by atoms with Crippen molar-refractivity contribution in [1.82, 2.24) is 25.3 Å². The Morgan fingerprint density at radius 3 is 2.52 bits per heavy atom. The van der Waals surface area contributed by atoms with Gasteiger partial charge < -0.3 is 15.5 Å². The number of benzene rings is 1. The zero-order valence-electron chi connectivity index (χ0n) is 17.4. The Labute approximate surface area is 181 Å². The van der Waals surface area contributed by atoms with Crippen LogP contribution < -0.4 is 10.6 Å². The summed E-state index contributed by atoms with van der Waals surface area (Å²) in [7, 11) is 0. The molecule has 1 spiro atoms. The lowest BCUT2D eigenvalue weighted by Crippen LogP contribution is -2.60. The van der Waals surface area contributed by atoms with E-state index >= 15 is 0 Å². The van der Waals surface area contributed by atoms with Crippen molar-refractivity contribution in [3.05, 3.63) is 48.3 Å². The Hall–Kier alpha value is -3.16. The Morgan fingerprint density at radius 2 is 1.84 bits per heavy atom. The van der Waals surface area contributed by atoms with Crippen molar-refractivity contribution in [2.45, 2.75) is 38.1 Å². The summed E-state index contributed by atoms with van der Waals surface area (Å²) in [4.78, 5) is 38.7. The van der Waals surface area contributed by atoms with E-state index in [-0.39, 0.29) is 35.1 Å². The van der Waals surface area contributed by atoms with Gasteiger partial charge >= 0.3 is 0 Å². The quantitative estimate of drug-likeness (QED) is 0.782. The second-order valence-electron chi connectivity index (χ2n) is 9.11. The first-order valence-electron chi connectivity index (χ1n) is 11.0. The predicted octanol–water partition coefficient (Wildman–Crippen LogP) is 1.51. The molecule has 0 radical (unpaired) electrons. The molecule has 162 valence electrons. The Kier molecular flexibility index (Phi) is 5.00. The molecule has 0 bridgehead atoms. The summed E-state index contributed by atoms with van der Waals surface area (Å²) in [5.41, 5.74) is 1.63. The number of hydrogen-bond donors (Lipinski definition) is 2. The van der Waals surface area contributed by atoms with Crippen LogP contribution in [-0.4, -0.2) is 58.1 Å². The highest BCUT2D eigenvalue weighted by Crippen LogP contribution is 2.44. The summed E-state index contributed by atoms with van der Waals surface area (Å²) in [5, 5.41) is 10.2. The van der Waals surface area contributed by atoms with E-state index in [1.165, 1.54) is 0 Å². The molecule has 1 atom stereocenters. The van der Waals surface area contributed by atoms with Gasteiger partial charge in [0.2, 0.25) is 11.8 Å². The van der Waals surface area contributed by atoms with Crippen LogP contribution in [0.15, 0.2) is 42.6 Å². The molecule has 5 rings (SSSR count). The first-order valence-corrected chi connectivity index (χ1v) is 11.0. The molecule has 2 aliphatic heterocycles. The molecule has 2 N–H and O–H groups in total. The smallest absolute Gasteiger partial charge is 0.272 e. The zero-order chi connectivity index (χ0) is 21.4. The summed E-state index contributed by atoms with van der Waals surface area (Å²) in [6, 6.07) is 11.6. The number of amides is 3. The number of nitrogens with zero attached hydrogens (tertiary/aromatic N) is 3. The van der Waals surface area contributed by atoms with E-state index in [2.05, 4.69) is 15.7 Å². The average Bonchev–Trinajstić information content (AvgIpc) is 3.42. The van der Waals surface area contributed by atoms with Gasteiger partial charge in [-0.1, -0.05) is 18.2 Å². The minimum atomic E-state index is -0.241. The van der Waals surface area contributed by atoms with Crippen molar-refractivity contribution < 1.29 is 14.4 Å². The van der Waals surface area contributed by atoms with Gasteiger partial charge in [0, 0.05) is 37.5 Å². The average molecular weight is 422 g/mol. The van der Waals surface area contributed by atoms with Gasteiger partial charge in [0.05, 0.1) is 17.8 Å². The predicted molar refractivity (Wildman–Crippen MR) is 113 cm³/mol. The number of rotatable bonds is 4. The fraction of sp³-hybridized carbons (Fsp3) is 0.478. The molecule has 8 nitrogen and oxygen atoms in total. The standard InChI is InChI=1S/C23H27N5O3/c29-20-12-16(13-24-20)21(30)26-17-6-9-23(10-7-17)14-27(15-23)22(31)19-8-11-25-28(19)18-4-2-1-3-5-18/h1-5,8,11,16-17H,6-7,9-10,12-15H2,(H,24,29)(H,26,30). The molecule has 1 aromatic heterocycles. The van der Waals surface area contributed by atoms with Crippen LogP contribution in [0.3, 0.4) is 0 Å². The van der Waals surface area contributed by atoms with Crippen LogP contribution >= 0.6 is 0 Å². The van der Waals surface area contributed by atoms with Crippen LogP contribution in [-0.2, 0) is 9.59 Å². The van der Waals surface area contributed by atoms with Crippen molar-refractivity contribution in [3.8, 4) is 5.69 Å². The molecule has 3 aliphatic rings. The molecule has 1 unspecified atom stereocenters. The molecule has 1 saturated carbocycles. The minimum Gasteiger partial charge on any atom is -0.355 e. The topological polar surface area (TPSA) is 96.3 Å². The van der Waals surface area contributed by atoms with E-state index in [4.69, 9.17) is 0 Å². The molecular weight excluding hydrogens is 394 g/mol. The molecule has 3 amide bonds. The molecule has 2 saturated heterocycles. The van der Waals surface area contributed by atoms with Crippen molar-refractivity contribution >= 4 is 17.7 Å². The van der Waals surface area contributed by atoms with Crippen LogP contribution in [0, 0.1) is 11.3 Å². The van der Waals surface area contributed by atoms with E-state index in [9.17, 15) is 14.4 Å². The summed E-state index contributed by atoms with van der Waals surface area (Å²) >= 11 is 0. The number of carbonyl (C=O) groups is 3. The summed E-state index contributed by atoms with van der Waals surface area (Å²) in [6.45, 7) is 1.96. The lowest BCUT2D eigenvalue weighted by atomic mass is 9.67. The van der Waals surface area contributed by atoms with Crippen LogP contribution in [0.5, 0.6) is 0 Å². The number of hydrogen-bond acceptors (Lipinski definition) is 4. The molecule has 8 heteroatoms. The summed E-state index contributed by atoms with van der Waals surface area (Å²) in [5.74, 6) is -0.287. The van der Waals surface area contributed by atoms with Crippen molar-refractivity contribution in [3.63, 3.8) is 0 Å². The van der Waals surface area contributed by atoms with Crippen molar-refractivity contribution in [2.24, 2.45) is 11.3 Å². The van der Waals surface area contributed by atoms with Gasteiger partial charge in [-0.15, -0.1) is 0 Å². The molecule has 3 heterocycles. The van der Waals surface area contributed by atoms with Crippen molar-refractivity contribution in [2.75, 3.05) is 19.6 Å². The molecular formula is C23H27N5O3. The molecule has 1 aromatic carbocycles. The summed E-state index contributed by atoms with van der Waals surface area (Å²) < 4.78 is 1.70. The second-order valence-corrected chi connectivity index (χ2v) is 9.11. The number of carbonyl (C=O) groups excluding carboxylic acids is 3. The van der Waals surface area contributed by atoms with E-state index in [1.54, 1.807) is 16.9 Å². The first-order chi connectivity index (χ1) is 15.0. The maximum absolute atomic E-state index is 13.1. The number of aromatic nitrogens is 2. The molecule has 31 heavy (non-hydrogen) atoms. The van der Waals surface area contributed by atoms with Crippen LogP contribution in [0.25, 0.3) is 5.69 Å². The SMILES string of the molecule is O=C1CC(C(=O)NC2CCC3(CC2)CN(C(=O)c2ccnn2-c2ccccc2)C3)CN1. The molecule has 2 aromatic rings. The number of para-hydroxylation sites is 1. The molecule has 1 aliphatic carbocycles. The van der Waals surface area contributed by atoms with Gasteiger partial charge in [0.1, 0.15) is 5.69 Å². The lowest BCUT2D eigenvalue weighted by molar-refractivity contribution is -0.127. The molecule has 3 fully saturated rings. The van der Waals surface area contributed by atoms with E-state index < -0.39 is 0 Å². The Balaban J connectivity index is 1.14. The number of nitrogens with one attached hydrogen (secondary N) is 2. The van der Waals surface area contributed by atoms with Gasteiger partial charge in [0.15, 0.2) is 0 Å². The highest BCUT2D eigenvalue weighted by molar-refractivity contribution is 5.93. The van der Waals surface area contributed by atoms with E-state index in [0.717, 1.165) is 44.5 Å². The first kappa shape index (κ1) is 19.8. The Morgan fingerprint density at radius 1 is 1.10 bits per heavy atom. The van der Waals surface area contributed by atoms with Crippen LogP contribution in [0.2, 0.25) is 0 Å². The van der Waals surface area contributed by atoms with E-state index in [1.807, 2.05) is 35.2 Å². The maximum atomic E-state index is 13.1. The normalized spacial score (nSPS) is 22.8. The third kappa shape index (κ3) is 3.82. The highest BCUT2D eigenvalue weighted by atomic mass is 16.2. The maximum Gasteiger partial charge on any atom is 0.272 e. The monoisotopic (exact) mass is 421 g/mol. The Bertz CT molecular complexity index is 986. The van der Waals surface area contributed by atoms with Gasteiger partial charge in [-0.3, -0.25) is 14.4 Å². The van der Waals surface area contributed by atoms with Crippen molar-refractivity contribution in [1.29, 1.82) is 0 Å². The van der Waals surface area contributed by atoms with Gasteiger partial charge in [-0.05, 0) is 43.9 Å². The third-order valence-corrected chi connectivity index (χ3v) is 6.94. The third-order valence-electron chi connectivity index (χ3n) is 6.94. The van der Waals surface area contributed by atoms with Crippen LogP contribution in [0.4, 0.5) is 0 Å². The van der Waals surface area contributed by atoms with E-state index in [0.29, 0.717) is 18.7 Å². The number of likely N-dealkylation sites (tertiary alicyclic amines) is 1. The van der Waals surface area contributed by atoms with Gasteiger partial charge in [-0.25, -0.2) is 4.68 Å². The van der Waals surface area contributed by atoms with Gasteiger partial charge in [-0.2, -0.15) is 5.10 Å². The fourth-order valence-corrected chi connectivity index (χ4v) is 5.11. The minimum absolute atomic E-state index is 0.0146.